The van der Waals surface area contributed by atoms with Crippen LogP contribution in [0.3, 0.4) is 0 Å². The lowest BCUT2D eigenvalue weighted by molar-refractivity contribution is -0.123. The van der Waals surface area contributed by atoms with Crippen LogP contribution in [0.2, 0.25) is 5.02 Å². The minimum Gasteiger partial charge on any atom is -0.497 e. The molecule has 22 heavy (non-hydrogen) atoms. The van der Waals surface area contributed by atoms with Crippen molar-refractivity contribution in [1.82, 2.24) is 5.32 Å². The quantitative estimate of drug-likeness (QED) is 0.853. The number of hydrogen-bond acceptors (Lipinski definition) is 3. The van der Waals surface area contributed by atoms with Crippen molar-refractivity contribution in [3.63, 3.8) is 0 Å². The lowest BCUT2D eigenvalue weighted by Crippen LogP contribution is -2.30. The normalized spacial score (nSPS) is 10.1. The van der Waals surface area contributed by atoms with Crippen LogP contribution in [0.5, 0.6) is 11.5 Å². The number of carbonyl (C=O) groups is 1. The highest BCUT2D eigenvalue weighted by atomic mass is 35.5. The Hall–Kier alpha value is -2.20. The van der Waals surface area contributed by atoms with E-state index in [9.17, 15) is 4.79 Å². The lowest BCUT2D eigenvalue weighted by Gasteiger charge is -2.08. The lowest BCUT2D eigenvalue weighted by atomic mass is 10.1. The van der Waals surface area contributed by atoms with Crippen LogP contribution < -0.4 is 14.8 Å². The van der Waals surface area contributed by atoms with Crippen LogP contribution in [0.25, 0.3) is 0 Å². The van der Waals surface area contributed by atoms with Gasteiger partial charge in [-0.25, -0.2) is 0 Å². The molecule has 0 atom stereocenters. The predicted octanol–water partition coefficient (Wildman–Crippen LogP) is 3.09. The van der Waals surface area contributed by atoms with Gasteiger partial charge in [0.15, 0.2) is 6.61 Å². The molecule has 2 aromatic carbocycles. The molecule has 0 saturated carbocycles. The zero-order valence-electron chi connectivity index (χ0n) is 12.3. The molecule has 0 saturated heterocycles. The van der Waals surface area contributed by atoms with Crippen molar-refractivity contribution in [2.75, 3.05) is 20.3 Å². The third kappa shape index (κ3) is 5.30. The first-order valence-electron chi connectivity index (χ1n) is 6.95. The van der Waals surface area contributed by atoms with Crippen LogP contribution in [0, 0.1) is 0 Å². The second-order valence-corrected chi connectivity index (χ2v) is 5.13. The molecule has 4 nitrogen and oxygen atoms in total. The maximum absolute atomic E-state index is 11.7. The molecular weight excluding hydrogens is 302 g/mol. The summed E-state index contributed by atoms with van der Waals surface area (Å²) in [5.41, 5.74) is 1.14. The molecule has 0 radical (unpaired) electrons. The van der Waals surface area contributed by atoms with Gasteiger partial charge in [-0.3, -0.25) is 4.79 Å². The average molecular weight is 320 g/mol. The van der Waals surface area contributed by atoms with Crippen LogP contribution >= 0.6 is 11.6 Å². The number of rotatable bonds is 7. The van der Waals surface area contributed by atoms with Gasteiger partial charge in [0.2, 0.25) is 0 Å². The second kappa shape index (κ2) is 8.29. The molecule has 1 N–H and O–H groups in total. The van der Waals surface area contributed by atoms with E-state index >= 15 is 0 Å². The van der Waals surface area contributed by atoms with Crippen molar-refractivity contribution in [3.8, 4) is 11.5 Å². The highest BCUT2D eigenvalue weighted by Crippen LogP contribution is 2.16. The van der Waals surface area contributed by atoms with Gasteiger partial charge >= 0.3 is 0 Å². The third-order valence-corrected chi connectivity index (χ3v) is 3.30. The van der Waals surface area contributed by atoms with Gasteiger partial charge in [-0.1, -0.05) is 29.8 Å². The molecule has 0 spiro atoms. The van der Waals surface area contributed by atoms with Crippen LogP contribution in [-0.2, 0) is 11.2 Å². The van der Waals surface area contributed by atoms with E-state index in [1.54, 1.807) is 31.4 Å². The average Bonchev–Trinajstić information content (AvgIpc) is 2.54. The summed E-state index contributed by atoms with van der Waals surface area (Å²) < 4.78 is 10.5. The molecule has 2 rings (SSSR count). The number of nitrogens with one attached hydrogen (secondary N) is 1. The van der Waals surface area contributed by atoms with Crippen LogP contribution in [-0.4, -0.2) is 26.2 Å². The Morgan fingerprint density at radius 1 is 1.14 bits per heavy atom. The molecule has 0 aliphatic heterocycles. The van der Waals surface area contributed by atoms with Crippen molar-refractivity contribution in [2.45, 2.75) is 6.42 Å². The Morgan fingerprint density at radius 2 is 1.91 bits per heavy atom. The molecule has 0 aromatic heterocycles. The Balaban J connectivity index is 1.69. The number of amides is 1. The highest BCUT2D eigenvalue weighted by molar-refractivity contribution is 6.30. The van der Waals surface area contributed by atoms with E-state index in [2.05, 4.69) is 5.32 Å². The number of ether oxygens (including phenoxy) is 2. The van der Waals surface area contributed by atoms with E-state index in [4.69, 9.17) is 21.1 Å². The molecule has 1 amide bonds. The fourth-order valence-electron chi connectivity index (χ4n) is 1.90. The van der Waals surface area contributed by atoms with E-state index in [0.717, 1.165) is 17.7 Å². The first-order valence-corrected chi connectivity index (χ1v) is 7.33. The Kier molecular flexibility index (Phi) is 6.10. The summed E-state index contributed by atoms with van der Waals surface area (Å²) in [6.45, 7) is 0.535. The largest absolute Gasteiger partial charge is 0.497 e. The second-order valence-electron chi connectivity index (χ2n) is 4.69. The predicted molar refractivity (Wildman–Crippen MR) is 86.7 cm³/mol. The number of carbonyl (C=O) groups excluding carboxylic acids is 1. The van der Waals surface area contributed by atoms with Crippen molar-refractivity contribution < 1.29 is 14.3 Å². The molecule has 5 heteroatoms. The molecule has 116 valence electrons. The smallest absolute Gasteiger partial charge is 0.257 e. The maximum atomic E-state index is 11.7. The summed E-state index contributed by atoms with van der Waals surface area (Å²) in [4.78, 5) is 11.7. The molecular formula is C17H18ClNO3. The minimum atomic E-state index is -0.159. The maximum Gasteiger partial charge on any atom is 0.257 e. The number of methoxy groups -OCH3 is 1. The van der Waals surface area contributed by atoms with Gasteiger partial charge in [-0.2, -0.15) is 0 Å². The van der Waals surface area contributed by atoms with E-state index in [1.807, 2.05) is 24.3 Å². The first-order chi connectivity index (χ1) is 10.7. The molecule has 0 unspecified atom stereocenters. The minimum absolute atomic E-state index is 0.0248. The number of hydrogen-bond donors (Lipinski definition) is 1. The van der Waals surface area contributed by atoms with Crippen LogP contribution in [0.1, 0.15) is 5.56 Å². The zero-order chi connectivity index (χ0) is 15.8. The number of benzene rings is 2. The van der Waals surface area contributed by atoms with Crippen molar-refractivity contribution >= 4 is 17.5 Å². The van der Waals surface area contributed by atoms with Gasteiger partial charge in [-0.05, 0) is 42.3 Å². The van der Waals surface area contributed by atoms with Gasteiger partial charge in [0.05, 0.1) is 7.11 Å². The first kappa shape index (κ1) is 16.2. The van der Waals surface area contributed by atoms with Gasteiger partial charge in [0.1, 0.15) is 11.5 Å². The zero-order valence-corrected chi connectivity index (χ0v) is 13.1. The molecule has 0 aliphatic rings. The fourth-order valence-corrected chi connectivity index (χ4v) is 2.08. The Labute approximate surface area is 135 Å². The van der Waals surface area contributed by atoms with Gasteiger partial charge in [0.25, 0.3) is 5.91 Å². The Bertz CT molecular complexity index is 614. The summed E-state index contributed by atoms with van der Waals surface area (Å²) in [5.74, 6) is 1.24. The highest BCUT2D eigenvalue weighted by Gasteiger charge is 2.03. The van der Waals surface area contributed by atoms with Crippen LogP contribution in [0.15, 0.2) is 48.5 Å². The summed E-state index contributed by atoms with van der Waals surface area (Å²) >= 11 is 5.84. The molecule has 0 aliphatic carbocycles. The van der Waals surface area contributed by atoms with Gasteiger partial charge in [0, 0.05) is 11.6 Å². The van der Waals surface area contributed by atoms with E-state index in [-0.39, 0.29) is 12.5 Å². The van der Waals surface area contributed by atoms with Gasteiger partial charge < -0.3 is 14.8 Å². The summed E-state index contributed by atoms with van der Waals surface area (Å²) in [6.07, 6.45) is 0.757. The topological polar surface area (TPSA) is 47.6 Å². The fraction of sp³-hybridized carbons (Fsp3) is 0.235. The molecule has 0 fully saturated rings. The number of halogens is 1. The van der Waals surface area contributed by atoms with E-state index in [0.29, 0.717) is 17.3 Å². The monoisotopic (exact) mass is 319 g/mol. The summed E-state index contributed by atoms with van der Waals surface area (Å²) in [5, 5.41) is 3.40. The van der Waals surface area contributed by atoms with Crippen LogP contribution in [0.4, 0.5) is 0 Å². The van der Waals surface area contributed by atoms with Gasteiger partial charge in [-0.15, -0.1) is 0 Å². The summed E-state index contributed by atoms with van der Waals surface area (Å²) in [6, 6.07) is 14.7. The summed E-state index contributed by atoms with van der Waals surface area (Å²) in [7, 11) is 1.63. The van der Waals surface area contributed by atoms with Crippen molar-refractivity contribution in [3.05, 3.63) is 59.1 Å². The van der Waals surface area contributed by atoms with Crippen molar-refractivity contribution in [2.24, 2.45) is 0 Å². The van der Waals surface area contributed by atoms with E-state index < -0.39 is 0 Å². The van der Waals surface area contributed by atoms with E-state index in [1.165, 1.54) is 0 Å². The molecule has 2 aromatic rings. The molecule has 0 heterocycles. The SMILES string of the molecule is COc1ccc(CCNC(=O)COc2cccc(Cl)c2)cc1. The standard InChI is InChI=1S/C17H18ClNO3/c1-21-15-7-5-13(6-8-15)9-10-19-17(20)12-22-16-4-2-3-14(18)11-16/h2-8,11H,9-10,12H2,1H3,(H,19,20). The molecule has 0 bridgehead atoms. The Morgan fingerprint density at radius 3 is 2.59 bits per heavy atom. The van der Waals surface area contributed by atoms with Crippen molar-refractivity contribution in [1.29, 1.82) is 0 Å². The third-order valence-electron chi connectivity index (χ3n) is 3.06.